The van der Waals surface area contributed by atoms with E-state index in [-0.39, 0.29) is 34.8 Å². The summed E-state index contributed by atoms with van der Waals surface area (Å²) in [5.41, 5.74) is 2.87. The summed E-state index contributed by atoms with van der Waals surface area (Å²) in [5.74, 6) is -0.136. The van der Waals surface area contributed by atoms with E-state index >= 15 is 0 Å². The molecule has 0 radical (unpaired) electrons. The average Bonchev–Trinajstić information content (AvgIpc) is 3.03. The van der Waals surface area contributed by atoms with Gasteiger partial charge in [0.05, 0.1) is 24.8 Å². The van der Waals surface area contributed by atoms with Gasteiger partial charge in [0, 0.05) is 18.7 Å². The molecular formula is C34H43N3O6S. The molecule has 0 aliphatic heterocycles. The van der Waals surface area contributed by atoms with Crippen molar-refractivity contribution in [2.24, 2.45) is 0 Å². The molecule has 4 rings (SSSR count). The number of amides is 2. The number of carbonyl (C=O) groups is 2. The summed E-state index contributed by atoms with van der Waals surface area (Å²) in [6.45, 7) is 5.08. The lowest BCUT2D eigenvalue weighted by Crippen LogP contribution is -2.53. The van der Waals surface area contributed by atoms with E-state index < -0.39 is 28.5 Å². The van der Waals surface area contributed by atoms with Gasteiger partial charge in [-0.3, -0.25) is 13.9 Å². The Labute approximate surface area is 261 Å². The Morgan fingerprint density at radius 1 is 0.932 bits per heavy atom. The van der Waals surface area contributed by atoms with Crippen molar-refractivity contribution < 1.29 is 27.5 Å². The van der Waals surface area contributed by atoms with Crippen LogP contribution < -0.4 is 19.1 Å². The summed E-state index contributed by atoms with van der Waals surface area (Å²) in [6.07, 6.45) is 5.07. The van der Waals surface area contributed by atoms with Gasteiger partial charge in [-0.05, 0) is 69.0 Å². The molecule has 9 nitrogen and oxygen atoms in total. The summed E-state index contributed by atoms with van der Waals surface area (Å²) in [4.78, 5) is 29.4. The number of nitrogens with one attached hydrogen (secondary N) is 1. The second-order valence-electron chi connectivity index (χ2n) is 11.3. The van der Waals surface area contributed by atoms with Gasteiger partial charge in [-0.25, -0.2) is 8.42 Å². The lowest BCUT2D eigenvalue weighted by atomic mass is 9.95. The lowest BCUT2D eigenvalue weighted by Gasteiger charge is -2.34. The van der Waals surface area contributed by atoms with Crippen molar-refractivity contribution in [3.8, 4) is 11.5 Å². The number of hydrogen-bond donors (Lipinski definition) is 1. The Kier molecular flexibility index (Phi) is 10.9. The van der Waals surface area contributed by atoms with Gasteiger partial charge in [0.25, 0.3) is 10.0 Å². The van der Waals surface area contributed by atoms with Crippen LogP contribution in [0.4, 0.5) is 5.69 Å². The van der Waals surface area contributed by atoms with E-state index in [2.05, 4.69) is 5.32 Å². The molecule has 1 fully saturated rings. The van der Waals surface area contributed by atoms with Gasteiger partial charge in [-0.2, -0.15) is 0 Å². The molecule has 0 spiro atoms. The van der Waals surface area contributed by atoms with Crippen LogP contribution in [0.2, 0.25) is 0 Å². The van der Waals surface area contributed by atoms with E-state index in [4.69, 9.17) is 9.47 Å². The Balaban J connectivity index is 1.75. The largest absolute Gasteiger partial charge is 0.497 e. The van der Waals surface area contributed by atoms with Crippen LogP contribution in [0, 0.1) is 13.8 Å². The fourth-order valence-electron chi connectivity index (χ4n) is 5.46. The fourth-order valence-corrected chi connectivity index (χ4v) is 6.88. The van der Waals surface area contributed by atoms with Gasteiger partial charge in [0.1, 0.15) is 24.1 Å². The van der Waals surface area contributed by atoms with Crippen molar-refractivity contribution in [2.45, 2.75) is 76.4 Å². The van der Waals surface area contributed by atoms with Crippen LogP contribution in [0.5, 0.6) is 11.5 Å². The van der Waals surface area contributed by atoms with Crippen molar-refractivity contribution in [3.05, 3.63) is 83.4 Å². The first-order valence-electron chi connectivity index (χ1n) is 15.0. The molecule has 0 aromatic heterocycles. The topological polar surface area (TPSA) is 105 Å². The molecule has 1 saturated carbocycles. The van der Waals surface area contributed by atoms with E-state index in [0.29, 0.717) is 5.75 Å². The number of aryl methyl sites for hydroxylation is 2. The minimum atomic E-state index is -4.26. The van der Waals surface area contributed by atoms with Crippen LogP contribution in [-0.4, -0.2) is 58.0 Å². The zero-order valence-electron chi connectivity index (χ0n) is 26.2. The number of carbonyl (C=O) groups excluding carboxylic acids is 2. The third-order valence-electron chi connectivity index (χ3n) is 8.26. The monoisotopic (exact) mass is 621 g/mol. The molecule has 1 aliphatic carbocycles. The van der Waals surface area contributed by atoms with Gasteiger partial charge in [-0.15, -0.1) is 0 Å². The van der Waals surface area contributed by atoms with Gasteiger partial charge in [0.15, 0.2) is 0 Å². The highest BCUT2D eigenvalue weighted by molar-refractivity contribution is 7.92. The number of anilines is 1. The number of sulfonamides is 1. The first kappa shape index (κ1) is 32.9. The van der Waals surface area contributed by atoms with Crippen molar-refractivity contribution in [3.63, 3.8) is 0 Å². The zero-order valence-corrected chi connectivity index (χ0v) is 27.0. The number of ether oxygens (including phenoxy) is 2. The third-order valence-corrected chi connectivity index (χ3v) is 10.0. The number of nitrogens with zero attached hydrogens (tertiary/aromatic N) is 2. The van der Waals surface area contributed by atoms with E-state index in [1.54, 1.807) is 31.2 Å². The second-order valence-corrected chi connectivity index (χ2v) is 13.2. The molecule has 3 aromatic carbocycles. The third kappa shape index (κ3) is 7.72. The molecule has 10 heteroatoms. The molecule has 1 N–H and O–H groups in total. The van der Waals surface area contributed by atoms with Crippen molar-refractivity contribution in [2.75, 3.05) is 25.1 Å². The number of methoxy groups -OCH3 is 2. The summed E-state index contributed by atoms with van der Waals surface area (Å²) in [6, 6.07) is 18.1. The average molecular weight is 622 g/mol. The molecule has 0 heterocycles. The summed E-state index contributed by atoms with van der Waals surface area (Å²) in [7, 11) is -1.34. The molecule has 236 valence electrons. The predicted octanol–water partition coefficient (Wildman–Crippen LogP) is 5.38. The lowest BCUT2D eigenvalue weighted by molar-refractivity contribution is -0.139. The Bertz CT molecular complexity index is 1550. The highest BCUT2D eigenvalue weighted by Crippen LogP contribution is 2.36. The maximum absolute atomic E-state index is 14.3. The molecule has 0 saturated heterocycles. The fraction of sp³-hybridized carbons (Fsp3) is 0.412. The molecule has 1 aliphatic rings. The maximum Gasteiger partial charge on any atom is 0.264 e. The first-order chi connectivity index (χ1) is 21.0. The van der Waals surface area contributed by atoms with Crippen molar-refractivity contribution in [1.29, 1.82) is 0 Å². The van der Waals surface area contributed by atoms with Crippen LogP contribution in [0.3, 0.4) is 0 Å². The summed E-state index contributed by atoms with van der Waals surface area (Å²) < 4.78 is 40.4. The molecule has 0 unspecified atom stereocenters. The molecular weight excluding hydrogens is 578 g/mol. The number of hydrogen-bond acceptors (Lipinski definition) is 6. The van der Waals surface area contributed by atoms with Crippen molar-refractivity contribution >= 4 is 27.5 Å². The molecule has 0 bridgehead atoms. The van der Waals surface area contributed by atoms with Crippen LogP contribution in [0.15, 0.2) is 71.6 Å². The normalized spacial score (nSPS) is 14.4. The summed E-state index contributed by atoms with van der Waals surface area (Å²) in [5, 5.41) is 3.13. The van der Waals surface area contributed by atoms with Gasteiger partial charge in [-0.1, -0.05) is 61.2 Å². The zero-order chi connectivity index (χ0) is 31.9. The smallest absolute Gasteiger partial charge is 0.264 e. The SMILES string of the molecule is COc1ccc(OC)c(N(CC(=O)N(Cc2ccccc2C)[C@@H](C)C(=O)NC2CCCCC2)S(=O)(=O)c2ccc(C)cc2)c1. The molecule has 3 aromatic rings. The molecule has 1 atom stereocenters. The van der Waals surface area contributed by atoms with E-state index in [1.807, 2.05) is 38.1 Å². The minimum absolute atomic E-state index is 0.0225. The number of benzene rings is 3. The van der Waals surface area contributed by atoms with Crippen LogP contribution in [0.25, 0.3) is 0 Å². The second kappa shape index (κ2) is 14.6. The van der Waals surface area contributed by atoms with Crippen molar-refractivity contribution in [1.82, 2.24) is 10.2 Å². The summed E-state index contributed by atoms with van der Waals surface area (Å²) >= 11 is 0. The Morgan fingerprint density at radius 3 is 2.25 bits per heavy atom. The predicted molar refractivity (Wildman–Crippen MR) is 171 cm³/mol. The van der Waals surface area contributed by atoms with Crippen LogP contribution in [0.1, 0.15) is 55.7 Å². The van der Waals surface area contributed by atoms with E-state index in [1.165, 1.54) is 37.3 Å². The quantitative estimate of drug-likeness (QED) is 0.291. The highest BCUT2D eigenvalue weighted by Gasteiger charge is 2.34. The minimum Gasteiger partial charge on any atom is -0.497 e. The van der Waals surface area contributed by atoms with Crippen LogP contribution >= 0.6 is 0 Å². The molecule has 44 heavy (non-hydrogen) atoms. The highest BCUT2D eigenvalue weighted by atomic mass is 32.2. The number of rotatable bonds is 12. The Hall–Kier alpha value is -4.05. The van der Waals surface area contributed by atoms with E-state index in [9.17, 15) is 18.0 Å². The van der Waals surface area contributed by atoms with Crippen LogP contribution in [-0.2, 0) is 26.2 Å². The van der Waals surface area contributed by atoms with Gasteiger partial charge in [0.2, 0.25) is 11.8 Å². The molecule has 2 amide bonds. The van der Waals surface area contributed by atoms with Gasteiger partial charge >= 0.3 is 0 Å². The maximum atomic E-state index is 14.3. The first-order valence-corrected chi connectivity index (χ1v) is 16.4. The van der Waals surface area contributed by atoms with Gasteiger partial charge < -0.3 is 19.7 Å². The standard InChI is InChI=1S/C34H43N3O6S/c1-24-15-18-30(19-16-24)44(40,41)37(31-21-29(42-4)17-20-32(31)43-5)23-33(38)36(22-27-12-10-9-11-25(27)2)26(3)34(39)35-28-13-7-6-8-14-28/h9-12,15-21,26,28H,6-8,13-14,22-23H2,1-5H3,(H,35,39)/t26-/m0/s1. The van der Waals surface area contributed by atoms with E-state index in [0.717, 1.165) is 53.1 Å². The Morgan fingerprint density at radius 2 is 1.61 bits per heavy atom.